The van der Waals surface area contributed by atoms with Gasteiger partial charge in [-0.05, 0) is 0 Å². The molecule has 0 saturated heterocycles. The van der Waals surface area contributed by atoms with Gasteiger partial charge in [-0.15, -0.1) is 0 Å². The smallest absolute Gasteiger partial charge is 0.0654 e. The second-order valence-corrected chi connectivity index (χ2v) is 62.3. The van der Waals surface area contributed by atoms with Gasteiger partial charge in [0.1, 0.15) is 0 Å². The Balaban J connectivity index is 3.26. The number of hydrogen-bond donors (Lipinski definition) is 0. The molecule has 0 aromatic carbocycles. The van der Waals surface area contributed by atoms with E-state index in [9.17, 15) is 0 Å². The third-order valence-corrected chi connectivity index (χ3v) is 29.5. The minimum atomic E-state index is -1.74. The molecule has 0 aliphatic rings. The predicted molar refractivity (Wildman–Crippen MR) is 202 cm³/mol. The van der Waals surface area contributed by atoms with E-state index in [1.807, 2.05) is 0 Å². The number of unbranched alkanes of at least 4 members (excludes halogenated alkanes) is 30. The Labute approximate surface area is 273 Å². The summed E-state index contributed by atoms with van der Waals surface area (Å²) >= 11 is 5.95. The molecule has 0 aliphatic heterocycles. The molecular formula is C36H74I2Sn. The van der Waals surface area contributed by atoms with Crippen LogP contribution in [0.5, 0.6) is 0 Å². The zero-order valence-electron chi connectivity index (χ0n) is 27.3. The molecule has 0 radical (unpaired) electrons. The van der Waals surface area contributed by atoms with Crippen LogP contribution in [-0.2, 0) is 0 Å². The second kappa shape index (κ2) is 34.7. The third-order valence-electron chi connectivity index (χ3n) is 8.79. The van der Waals surface area contributed by atoms with Crippen molar-refractivity contribution in [1.29, 1.82) is 0 Å². The third kappa shape index (κ3) is 36.4. The Morgan fingerprint density at radius 1 is 0.256 bits per heavy atom. The summed E-state index contributed by atoms with van der Waals surface area (Å²) < 4.78 is 3.26. The van der Waals surface area contributed by atoms with Gasteiger partial charge in [0.05, 0.1) is 0 Å². The van der Waals surface area contributed by atoms with Crippen molar-refractivity contribution in [2.24, 2.45) is 0 Å². The Bertz CT molecular complexity index is 402. The van der Waals surface area contributed by atoms with Crippen LogP contribution in [0.25, 0.3) is 0 Å². The Hall–Kier alpha value is 2.26. The SMILES string of the molecule is CCCCCCCCCCCCCCCCC[CH2][Sn]([I])([I])[CH2]CCCCCCCCCCCCCCCCC. The van der Waals surface area contributed by atoms with Gasteiger partial charge in [-0.2, -0.15) is 0 Å². The van der Waals surface area contributed by atoms with Crippen molar-refractivity contribution in [1.82, 2.24) is 0 Å². The van der Waals surface area contributed by atoms with Gasteiger partial charge in [-0.25, -0.2) is 0 Å². The van der Waals surface area contributed by atoms with Crippen LogP contribution in [-0.4, -0.2) is 10.4 Å². The molecule has 0 bridgehead atoms. The molecule has 3 heteroatoms. The van der Waals surface area contributed by atoms with Crippen molar-refractivity contribution < 1.29 is 0 Å². The van der Waals surface area contributed by atoms with Crippen molar-refractivity contribution >= 4 is 47.7 Å². The van der Waals surface area contributed by atoms with Gasteiger partial charge in [0, 0.05) is 0 Å². The van der Waals surface area contributed by atoms with E-state index >= 15 is 0 Å². The zero-order chi connectivity index (χ0) is 28.5. The van der Waals surface area contributed by atoms with E-state index in [2.05, 4.69) is 51.1 Å². The van der Waals surface area contributed by atoms with Crippen LogP contribution < -0.4 is 0 Å². The first-order valence-electron chi connectivity index (χ1n) is 18.5. The fourth-order valence-electron chi connectivity index (χ4n) is 5.99. The molecule has 236 valence electrons. The van der Waals surface area contributed by atoms with Crippen molar-refractivity contribution in [3.05, 3.63) is 0 Å². The van der Waals surface area contributed by atoms with Gasteiger partial charge in [0.25, 0.3) is 0 Å². The maximum atomic E-state index is 2.97. The monoisotopic (exact) mass is 880 g/mol. The summed E-state index contributed by atoms with van der Waals surface area (Å²) in [5, 5.41) is 0. The molecule has 0 N–H and O–H groups in total. The van der Waals surface area contributed by atoms with Gasteiger partial charge in [0.2, 0.25) is 0 Å². The standard InChI is InChI=1S/2C18H37.2HI.Sn/c2*1-3-5-7-9-11-13-15-17-18-16-14-12-10-8-6-4-2;;;/h2*1,3-18H2,2H3;2*1H;/q;;;;+2/p-2. The molecule has 0 nitrogen and oxygen atoms in total. The average Bonchev–Trinajstić information content (AvgIpc) is 2.92. The van der Waals surface area contributed by atoms with E-state index in [1.54, 1.807) is 21.7 Å². The van der Waals surface area contributed by atoms with Crippen LogP contribution >= 0.6 is 37.3 Å². The molecule has 39 heavy (non-hydrogen) atoms. The molecule has 0 aliphatic carbocycles. The van der Waals surface area contributed by atoms with Crippen LogP contribution in [0.2, 0.25) is 8.87 Å². The van der Waals surface area contributed by atoms with Crippen LogP contribution in [0, 0.1) is 0 Å². The first-order chi connectivity index (χ1) is 19.1. The molecule has 0 saturated carbocycles. The van der Waals surface area contributed by atoms with E-state index in [0.29, 0.717) is 0 Å². The number of hydrogen-bond acceptors (Lipinski definition) is 0. The number of rotatable bonds is 34. The Morgan fingerprint density at radius 3 is 0.590 bits per heavy atom. The van der Waals surface area contributed by atoms with E-state index in [0.717, 1.165) is 0 Å². The number of halogens is 2. The molecule has 0 unspecified atom stereocenters. The first kappa shape index (κ1) is 41.3. The van der Waals surface area contributed by atoms with E-state index in [4.69, 9.17) is 0 Å². The minimum absolute atomic E-state index is 1.37. The average molecular weight is 880 g/mol. The van der Waals surface area contributed by atoms with Crippen LogP contribution in [0.4, 0.5) is 0 Å². The molecule has 0 rings (SSSR count). The molecule has 0 spiro atoms. The van der Waals surface area contributed by atoms with Gasteiger partial charge >= 0.3 is 198 Å². The van der Waals surface area contributed by atoms with Crippen molar-refractivity contribution in [3.63, 3.8) is 0 Å². The first-order valence-corrected chi connectivity index (χ1v) is 39.2. The van der Waals surface area contributed by atoms with E-state index in [1.165, 1.54) is 193 Å². The van der Waals surface area contributed by atoms with E-state index in [-0.39, 0.29) is 0 Å². The summed E-state index contributed by atoms with van der Waals surface area (Å²) in [7, 11) is -1.74. The van der Waals surface area contributed by atoms with Crippen LogP contribution in [0.1, 0.15) is 219 Å². The maximum absolute atomic E-state index is 2.97. The normalized spacial score (nSPS) is 12.0. The molecule has 0 aromatic rings. The molecule has 0 amide bonds. The summed E-state index contributed by atoms with van der Waals surface area (Å²) in [6, 6.07) is 0. The zero-order valence-corrected chi connectivity index (χ0v) is 34.5. The summed E-state index contributed by atoms with van der Waals surface area (Å²) in [4.78, 5) is 0. The van der Waals surface area contributed by atoms with Gasteiger partial charge in [0.15, 0.2) is 0 Å². The van der Waals surface area contributed by atoms with Gasteiger partial charge in [-0.3, -0.25) is 0 Å². The summed E-state index contributed by atoms with van der Waals surface area (Å²) in [5.74, 6) is 0. The van der Waals surface area contributed by atoms with Crippen molar-refractivity contribution in [3.8, 4) is 0 Å². The quantitative estimate of drug-likeness (QED) is 0.0343. The van der Waals surface area contributed by atoms with Crippen molar-refractivity contribution in [2.45, 2.75) is 228 Å². The fourth-order valence-corrected chi connectivity index (χ4v) is 21.3. The minimum Gasteiger partial charge on any atom is -0.0654 e. The molecule has 0 aromatic heterocycles. The summed E-state index contributed by atoms with van der Waals surface area (Å²) in [6.45, 7) is 4.62. The molecular weight excluding hydrogens is 805 g/mol. The van der Waals surface area contributed by atoms with Gasteiger partial charge < -0.3 is 0 Å². The Kier molecular flexibility index (Phi) is 36.8. The molecule has 0 heterocycles. The second-order valence-electron chi connectivity index (χ2n) is 13.0. The van der Waals surface area contributed by atoms with Crippen molar-refractivity contribution in [2.75, 3.05) is 0 Å². The summed E-state index contributed by atoms with van der Waals surface area (Å²) in [5.41, 5.74) is 0. The predicted octanol–water partition coefficient (Wildman–Crippen LogP) is 15.8. The van der Waals surface area contributed by atoms with Crippen LogP contribution in [0.3, 0.4) is 0 Å². The molecule has 0 fully saturated rings. The molecule has 0 atom stereocenters. The topological polar surface area (TPSA) is 0 Å². The Morgan fingerprint density at radius 2 is 0.410 bits per heavy atom. The van der Waals surface area contributed by atoms with Gasteiger partial charge in [-0.1, -0.05) is 78.1 Å². The van der Waals surface area contributed by atoms with E-state index < -0.39 is 10.4 Å². The fraction of sp³-hybridized carbons (Fsp3) is 1.00. The summed E-state index contributed by atoms with van der Waals surface area (Å²) in [6.07, 6.45) is 47.6. The van der Waals surface area contributed by atoms with Crippen LogP contribution in [0.15, 0.2) is 0 Å².